The minimum absolute atomic E-state index is 0.113. The highest BCUT2D eigenvalue weighted by molar-refractivity contribution is 6.33. The maximum absolute atomic E-state index is 10.0. The van der Waals surface area contributed by atoms with E-state index in [9.17, 15) is 10.2 Å². The van der Waals surface area contributed by atoms with E-state index in [1.807, 2.05) is 30.3 Å². The van der Waals surface area contributed by atoms with Crippen LogP contribution in [0.15, 0.2) is 36.7 Å². The molecule has 0 spiro atoms. The molecule has 2 aromatic heterocycles. The van der Waals surface area contributed by atoms with Crippen molar-refractivity contribution in [1.29, 1.82) is 0 Å². The van der Waals surface area contributed by atoms with Gasteiger partial charge in [-0.3, -0.25) is 0 Å². The summed E-state index contributed by atoms with van der Waals surface area (Å²) in [6.45, 7) is -0.456. The molecule has 1 aliphatic heterocycles. The Morgan fingerprint density at radius 2 is 1.96 bits per heavy atom. The Hall–Kier alpha value is -2.50. The van der Waals surface area contributed by atoms with E-state index in [0.717, 1.165) is 5.69 Å². The van der Waals surface area contributed by atoms with E-state index >= 15 is 0 Å². The van der Waals surface area contributed by atoms with Crippen molar-refractivity contribution in [2.45, 2.75) is 24.6 Å². The Labute approximate surface area is 157 Å². The van der Waals surface area contributed by atoms with Crippen molar-refractivity contribution >= 4 is 34.4 Å². The van der Waals surface area contributed by atoms with E-state index in [2.05, 4.69) is 20.3 Å². The molecule has 0 amide bonds. The molecule has 4 rings (SSSR count). The summed E-state index contributed by atoms with van der Waals surface area (Å²) >= 11 is 6.18. The molecule has 27 heavy (non-hydrogen) atoms. The minimum Gasteiger partial charge on any atom is -0.394 e. The van der Waals surface area contributed by atoms with Gasteiger partial charge in [0.2, 0.25) is 11.6 Å². The van der Waals surface area contributed by atoms with Crippen molar-refractivity contribution in [2.75, 3.05) is 11.9 Å². The zero-order valence-corrected chi connectivity index (χ0v) is 14.6. The molecule has 0 saturated carbocycles. The summed E-state index contributed by atoms with van der Waals surface area (Å²) in [5, 5.41) is 32.1. The third-order valence-corrected chi connectivity index (χ3v) is 4.33. The lowest BCUT2D eigenvalue weighted by molar-refractivity contribution is -0.169. The predicted molar refractivity (Wildman–Crippen MR) is 94.4 cm³/mol. The lowest BCUT2D eigenvalue weighted by Crippen LogP contribution is -2.38. The van der Waals surface area contributed by atoms with Crippen LogP contribution in [-0.4, -0.2) is 66.2 Å². The summed E-state index contributed by atoms with van der Waals surface area (Å²) in [4.78, 5) is 18.1. The number of imidazole rings is 1. The van der Waals surface area contributed by atoms with Crippen molar-refractivity contribution in [3.05, 3.63) is 41.8 Å². The average molecular weight is 394 g/mol. The number of nitrogens with zero attached hydrogens (tertiary/aromatic N) is 4. The maximum Gasteiger partial charge on any atom is 0.254 e. The molecule has 142 valence electrons. The van der Waals surface area contributed by atoms with Crippen molar-refractivity contribution in [3.63, 3.8) is 0 Å². The number of aliphatic hydroxyl groups is 3. The average Bonchev–Trinajstić information content (AvgIpc) is 3.19. The number of halogens is 1. The quantitative estimate of drug-likeness (QED) is 0.445. The van der Waals surface area contributed by atoms with E-state index in [1.165, 1.54) is 11.1 Å². The van der Waals surface area contributed by atoms with Crippen LogP contribution in [0.5, 0.6) is 0 Å². The third kappa shape index (κ3) is 3.40. The summed E-state index contributed by atoms with van der Waals surface area (Å²) in [6, 6.07) is 9.28. The Morgan fingerprint density at radius 1 is 1.19 bits per heavy atom. The van der Waals surface area contributed by atoms with Gasteiger partial charge in [0.05, 0.1) is 6.61 Å². The molecule has 11 heteroatoms. The van der Waals surface area contributed by atoms with Gasteiger partial charge in [0.25, 0.3) is 6.29 Å². The molecule has 1 aliphatic rings. The first-order valence-electron chi connectivity index (χ1n) is 8.09. The number of para-hydroxylation sites is 1. The van der Waals surface area contributed by atoms with Gasteiger partial charge in [-0.1, -0.05) is 29.8 Å². The summed E-state index contributed by atoms with van der Waals surface area (Å²) in [5.74, 6) is 0.227. The normalized spacial score (nSPS) is 25.0. The minimum atomic E-state index is -1.35. The first-order valence-corrected chi connectivity index (χ1v) is 8.47. The number of benzene rings is 1. The van der Waals surface area contributed by atoms with Crippen LogP contribution in [0.2, 0.25) is 5.15 Å². The van der Waals surface area contributed by atoms with Crippen LogP contribution in [0.4, 0.5) is 11.6 Å². The standard InChI is InChI=1S/C16H16ClN5O5/c17-13-10-14(21-16(20-13)19-8-4-2-1-3-5-8)22(7-18-10)27-15-12(25)11(24)9(6-23)26-15/h1-5,7,9,11-12,15,23-25H,6H2,(H,19,20,21)/t9-,11-,12-,15+/m1/s1. The van der Waals surface area contributed by atoms with Gasteiger partial charge in [-0.25, -0.2) is 4.98 Å². The van der Waals surface area contributed by atoms with Gasteiger partial charge in [0, 0.05) is 5.69 Å². The molecule has 1 saturated heterocycles. The van der Waals surface area contributed by atoms with Gasteiger partial charge in [-0.2, -0.15) is 9.97 Å². The summed E-state index contributed by atoms with van der Waals surface area (Å²) in [7, 11) is 0. The monoisotopic (exact) mass is 393 g/mol. The number of aromatic nitrogens is 4. The highest BCUT2D eigenvalue weighted by Gasteiger charge is 2.44. The SMILES string of the molecule is OC[C@H]1O[C@@H](On2cnc3c(Cl)nc(Nc4ccccc4)nc32)[C@H](O)[C@@H]1O. The number of rotatable bonds is 5. The number of aliphatic hydroxyl groups excluding tert-OH is 3. The number of hydrogen-bond donors (Lipinski definition) is 4. The topological polar surface area (TPSA) is 135 Å². The number of fused-ring (bicyclic) bond motifs is 1. The highest BCUT2D eigenvalue weighted by atomic mass is 35.5. The second kappa shape index (κ2) is 7.25. The Bertz CT molecular complexity index is 940. The van der Waals surface area contributed by atoms with E-state index in [-0.39, 0.29) is 16.7 Å². The van der Waals surface area contributed by atoms with Crippen LogP contribution in [0.1, 0.15) is 0 Å². The Kier molecular flexibility index (Phi) is 4.81. The largest absolute Gasteiger partial charge is 0.394 e. The number of anilines is 2. The lowest BCUT2D eigenvalue weighted by Gasteiger charge is -2.16. The molecule has 3 aromatic rings. The second-order valence-corrected chi connectivity index (χ2v) is 6.24. The van der Waals surface area contributed by atoms with E-state index < -0.39 is 31.2 Å². The van der Waals surface area contributed by atoms with E-state index in [4.69, 9.17) is 26.3 Å². The molecule has 4 N–H and O–H groups in total. The van der Waals surface area contributed by atoms with Crippen LogP contribution >= 0.6 is 11.6 Å². The van der Waals surface area contributed by atoms with Crippen LogP contribution in [0, 0.1) is 0 Å². The predicted octanol–water partition coefficient (Wildman–Crippen LogP) is 0.0909. The fourth-order valence-electron chi connectivity index (χ4n) is 2.69. The van der Waals surface area contributed by atoms with Crippen LogP contribution < -0.4 is 10.2 Å². The van der Waals surface area contributed by atoms with Crippen molar-refractivity contribution in [3.8, 4) is 0 Å². The molecule has 0 bridgehead atoms. The third-order valence-electron chi connectivity index (χ3n) is 4.07. The number of nitrogens with one attached hydrogen (secondary N) is 1. The van der Waals surface area contributed by atoms with Gasteiger partial charge in [-0.05, 0) is 12.1 Å². The fourth-order valence-corrected chi connectivity index (χ4v) is 2.91. The molecular formula is C16H16ClN5O5. The van der Waals surface area contributed by atoms with Crippen LogP contribution in [-0.2, 0) is 4.74 Å². The van der Waals surface area contributed by atoms with Gasteiger partial charge >= 0.3 is 0 Å². The molecule has 0 aliphatic carbocycles. The zero-order valence-electron chi connectivity index (χ0n) is 13.8. The summed E-state index contributed by atoms with van der Waals surface area (Å²) in [6.07, 6.45) is -3.49. The molecule has 1 fully saturated rings. The van der Waals surface area contributed by atoms with Gasteiger partial charge < -0.3 is 30.2 Å². The second-order valence-electron chi connectivity index (χ2n) is 5.88. The van der Waals surface area contributed by atoms with Gasteiger partial charge in [-0.15, -0.1) is 4.73 Å². The summed E-state index contributed by atoms with van der Waals surface area (Å²) < 4.78 is 6.47. The van der Waals surface area contributed by atoms with E-state index in [0.29, 0.717) is 5.52 Å². The van der Waals surface area contributed by atoms with Gasteiger partial charge in [0.15, 0.2) is 5.15 Å². The maximum atomic E-state index is 10.0. The molecule has 1 aromatic carbocycles. The van der Waals surface area contributed by atoms with Crippen molar-refractivity contribution in [1.82, 2.24) is 19.7 Å². The number of ether oxygens (including phenoxy) is 1. The Balaban J connectivity index is 1.62. The molecule has 3 heterocycles. The van der Waals surface area contributed by atoms with Crippen molar-refractivity contribution in [2.24, 2.45) is 0 Å². The van der Waals surface area contributed by atoms with Crippen molar-refractivity contribution < 1.29 is 24.9 Å². The first kappa shape index (κ1) is 17.9. The molecule has 0 radical (unpaired) electrons. The Morgan fingerprint density at radius 3 is 2.67 bits per heavy atom. The van der Waals surface area contributed by atoms with Gasteiger partial charge in [0.1, 0.15) is 30.2 Å². The zero-order chi connectivity index (χ0) is 19.0. The van der Waals surface area contributed by atoms with Crippen LogP contribution in [0.3, 0.4) is 0 Å². The molecule has 10 nitrogen and oxygen atoms in total. The van der Waals surface area contributed by atoms with E-state index in [1.54, 1.807) is 0 Å². The first-order chi connectivity index (χ1) is 13.1. The summed E-state index contributed by atoms with van der Waals surface area (Å²) in [5.41, 5.74) is 1.30. The molecular weight excluding hydrogens is 378 g/mol. The smallest absolute Gasteiger partial charge is 0.254 e. The lowest BCUT2D eigenvalue weighted by atomic mass is 10.1. The highest BCUT2D eigenvalue weighted by Crippen LogP contribution is 2.24. The van der Waals surface area contributed by atoms with Crippen LogP contribution in [0.25, 0.3) is 11.2 Å². The molecule has 0 unspecified atom stereocenters. The number of hydrogen-bond acceptors (Lipinski definition) is 9. The fraction of sp³-hybridized carbons (Fsp3) is 0.312. The molecule has 4 atom stereocenters.